The molecule has 1 saturated heterocycles. The average Bonchev–Trinajstić information content (AvgIpc) is 2.60. The van der Waals surface area contributed by atoms with Gasteiger partial charge in [-0.3, -0.25) is 9.88 Å². The van der Waals surface area contributed by atoms with Gasteiger partial charge in [0, 0.05) is 37.7 Å². The van der Waals surface area contributed by atoms with E-state index in [1.807, 2.05) is 18.2 Å². The third kappa shape index (κ3) is 2.96. The normalized spacial score (nSPS) is 29.6. The predicted octanol–water partition coefficient (Wildman–Crippen LogP) is 3.48. The predicted molar refractivity (Wildman–Crippen MR) is 90.6 cm³/mol. The molecule has 1 N–H and O–H groups in total. The number of aromatic nitrogens is 1. The van der Waals surface area contributed by atoms with Crippen LogP contribution in [0.3, 0.4) is 0 Å². The Balaban J connectivity index is 1.56. The van der Waals surface area contributed by atoms with Crippen molar-refractivity contribution < 1.29 is 13.9 Å². The number of nitrogens with zero attached hydrogens (tertiary/aromatic N) is 2. The number of hydrogen-bond donors (Lipinski definition) is 1. The van der Waals surface area contributed by atoms with Crippen LogP contribution in [0.4, 0.5) is 8.78 Å². The average molecular weight is 344 g/mol. The smallest absolute Gasteiger partial charge is 0.159 e. The Kier molecular flexibility index (Phi) is 4.29. The van der Waals surface area contributed by atoms with Gasteiger partial charge in [0.05, 0.1) is 5.69 Å². The number of piperidine rings is 1. The number of hydrogen-bond acceptors (Lipinski definition) is 3. The van der Waals surface area contributed by atoms with Crippen LogP contribution >= 0.6 is 0 Å². The second-order valence-corrected chi connectivity index (χ2v) is 7.31. The maximum Gasteiger partial charge on any atom is 0.159 e. The second-order valence-electron chi connectivity index (χ2n) is 7.31. The Hall–Kier alpha value is -1.85. The van der Waals surface area contributed by atoms with Crippen molar-refractivity contribution in [3.63, 3.8) is 0 Å². The van der Waals surface area contributed by atoms with Crippen molar-refractivity contribution in [3.05, 3.63) is 65.5 Å². The summed E-state index contributed by atoms with van der Waals surface area (Å²) in [6.45, 7) is 2.05. The largest absolute Gasteiger partial charge is 0.383 e. The Morgan fingerprint density at radius 3 is 2.48 bits per heavy atom. The lowest BCUT2D eigenvalue weighted by Gasteiger charge is -2.52. The Morgan fingerprint density at radius 2 is 1.84 bits per heavy atom. The number of likely N-dealkylation sites (tertiary alicyclic amines) is 1. The van der Waals surface area contributed by atoms with Crippen LogP contribution in [0.1, 0.15) is 30.5 Å². The van der Waals surface area contributed by atoms with E-state index < -0.39 is 17.2 Å². The van der Waals surface area contributed by atoms with Crippen molar-refractivity contribution in [2.24, 2.45) is 11.8 Å². The maximum atomic E-state index is 13.5. The van der Waals surface area contributed by atoms with Crippen molar-refractivity contribution in [1.82, 2.24) is 9.88 Å². The molecule has 1 aliphatic heterocycles. The molecular formula is C20H22F2N2O. The van der Waals surface area contributed by atoms with Crippen molar-refractivity contribution >= 4 is 0 Å². The van der Waals surface area contributed by atoms with Crippen LogP contribution in [0.5, 0.6) is 0 Å². The Morgan fingerprint density at radius 1 is 1.08 bits per heavy atom. The second kappa shape index (κ2) is 6.46. The van der Waals surface area contributed by atoms with Crippen molar-refractivity contribution in [3.8, 4) is 0 Å². The molecule has 1 aliphatic carbocycles. The number of rotatable bonds is 3. The van der Waals surface area contributed by atoms with Gasteiger partial charge < -0.3 is 5.11 Å². The molecule has 0 unspecified atom stereocenters. The summed E-state index contributed by atoms with van der Waals surface area (Å²) in [6, 6.07) is 9.78. The van der Waals surface area contributed by atoms with Gasteiger partial charge in [0.2, 0.25) is 0 Å². The zero-order valence-corrected chi connectivity index (χ0v) is 14.0. The lowest BCUT2D eigenvalue weighted by Crippen LogP contribution is -2.58. The highest BCUT2D eigenvalue weighted by Crippen LogP contribution is 2.48. The minimum absolute atomic E-state index is 0.111. The van der Waals surface area contributed by atoms with E-state index in [0.29, 0.717) is 6.54 Å². The Bertz CT molecular complexity index is 739. The van der Waals surface area contributed by atoms with Gasteiger partial charge in [0.15, 0.2) is 11.6 Å². The molecular weight excluding hydrogens is 322 g/mol. The topological polar surface area (TPSA) is 36.4 Å². The number of aliphatic hydroxyl groups is 1. The van der Waals surface area contributed by atoms with Crippen LogP contribution in [-0.4, -0.2) is 28.1 Å². The maximum absolute atomic E-state index is 13.5. The molecule has 0 spiro atoms. The van der Waals surface area contributed by atoms with Crippen LogP contribution in [0.2, 0.25) is 0 Å². The minimum atomic E-state index is -0.885. The minimum Gasteiger partial charge on any atom is -0.383 e. The standard InChI is InChI=1S/C20H22F2N2O/c21-17-8-7-14(10-18(17)22)11-24-12-15-4-3-5-16(13-24)20(15,25)19-6-1-2-9-23-19/h1-2,6-10,15-16,25H,3-5,11-13H2/t15-,16-/m1/s1. The van der Waals surface area contributed by atoms with Gasteiger partial charge in [-0.25, -0.2) is 8.78 Å². The van der Waals surface area contributed by atoms with Gasteiger partial charge >= 0.3 is 0 Å². The molecule has 0 amide bonds. The van der Waals surface area contributed by atoms with E-state index >= 15 is 0 Å². The third-order valence-electron chi connectivity index (χ3n) is 5.77. The van der Waals surface area contributed by atoms with Crippen molar-refractivity contribution in [2.45, 2.75) is 31.4 Å². The van der Waals surface area contributed by atoms with E-state index in [-0.39, 0.29) is 11.8 Å². The monoisotopic (exact) mass is 344 g/mol. The summed E-state index contributed by atoms with van der Waals surface area (Å²) < 4.78 is 26.6. The quantitative estimate of drug-likeness (QED) is 0.926. The molecule has 2 atom stereocenters. The summed E-state index contributed by atoms with van der Waals surface area (Å²) in [5, 5.41) is 11.5. The Labute approximate surface area is 146 Å². The fraction of sp³-hybridized carbons (Fsp3) is 0.450. The number of halogens is 2. The molecule has 1 saturated carbocycles. The van der Waals surface area contributed by atoms with Gasteiger partial charge in [-0.15, -0.1) is 0 Å². The molecule has 2 bridgehead atoms. The first-order chi connectivity index (χ1) is 12.1. The lowest BCUT2D eigenvalue weighted by molar-refractivity contribution is -0.151. The fourth-order valence-electron chi connectivity index (χ4n) is 4.59. The first-order valence-corrected chi connectivity index (χ1v) is 8.87. The van der Waals surface area contributed by atoms with Crippen LogP contribution in [0, 0.1) is 23.5 Å². The summed E-state index contributed by atoms with van der Waals surface area (Å²) in [5.74, 6) is -1.40. The van der Waals surface area contributed by atoms with Gasteiger partial charge in [0.25, 0.3) is 0 Å². The highest BCUT2D eigenvalue weighted by molar-refractivity contribution is 5.21. The summed E-state index contributed by atoms with van der Waals surface area (Å²) in [5.41, 5.74) is 0.641. The van der Waals surface area contributed by atoms with Crippen LogP contribution in [0.15, 0.2) is 42.6 Å². The molecule has 132 valence electrons. The molecule has 5 heteroatoms. The number of benzene rings is 1. The van der Waals surface area contributed by atoms with Crippen LogP contribution in [-0.2, 0) is 12.1 Å². The lowest BCUT2D eigenvalue weighted by atomic mass is 9.64. The highest BCUT2D eigenvalue weighted by Gasteiger charge is 2.52. The zero-order chi connectivity index (χ0) is 17.4. The number of pyridine rings is 1. The van der Waals surface area contributed by atoms with E-state index in [0.717, 1.165) is 43.6 Å². The molecule has 2 aromatic rings. The highest BCUT2D eigenvalue weighted by atomic mass is 19.2. The first kappa shape index (κ1) is 16.6. The van der Waals surface area contributed by atoms with Crippen LogP contribution in [0.25, 0.3) is 0 Å². The number of fused-ring (bicyclic) bond motifs is 2. The summed E-state index contributed by atoms with van der Waals surface area (Å²) in [4.78, 5) is 6.68. The first-order valence-electron chi connectivity index (χ1n) is 8.87. The molecule has 2 fully saturated rings. The summed E-state index contributed by atoms with van der Waals surface area (Å²) in [6.07, 6.45) is 4.76. The van der Waals surface area contributed by atoms with Crippen LogP contribution < -0.4 is 0 Å². The van der Waals surface area contributed by atoms with E-state index in [9.17, 15) is 13.9 Å². The molecule has 1 aromatic heterocycles. The van der Waals surface area contributed by atoms with Crippen molar-refractivity contribution in [2.75, 3.05) is 13.1 Å². The SMILES string of the molecule is OC1(c2ccccn2)[C@@H]2CCC[C@@H]1CN(Cc1ccc(F)c(F)c1)C2. The summed E-state index contributed by atoms with van der Waals surface area (Å²) in [7, 11) is 0. The summed E-state index contributed by atoms with van der Waals surface area (Å²) >= 11 is 0. The van der Waals surface area contributed by atoms with Gasteiger partial charge in [-0.2, -0.15) is 0 Å². The van der Waals surface area contributed by atoms with Gasteiger partial charge in [-0.1, -0.05) is 18.6 Å². The van der Waals surface area contributed by atoms with E-state index in [4.69, 9.17) is 0 Å². The molecule has 0 radical (unpaired) electrons. The van der Waals surface area contributed by atoms with E-state index in [1.165, 1.54) is 12.1 Å². The fourth-order valence-corrected chi connectivity index (χ4v) is 4.59. The van der Waals surface area contributed by atoms with Gasteiger partial charge in [0.1, 0.15) is 5.60 Å². The van der Waals surface area contributed by atoms with Crippen molar-refractivity contribution in [1.29, 1.82) is 0 Å². The van der Waals surface area contributed by atoms with E-state index in [1.54, 1.807) is 12.3 Å². The third-order valence-corrected chi connectivity index (χ3v) is 5.77. The van der Waals surface area contributed by atoms with E-state index in [2.05, 4.69) is 9.88 Å². The molecule has 3 nitrogen and oxygen atoms in total. The molecule has 1 aromatic carbocycles. The molecule has 2 aliphatic rings. The zero-order valence-electron chi connectivity index (χ0n) is 14.0. The molecule has 4 rings (SSSR count). The molecule has 25 heavy (non-hydrogen) atoms. The molecule has 2 heterocycles. The van der Waals surface area contributed by atoms with Gasteiger partial charge in [-0.05, 0) is 42.7 Å².